The van der Waals surface area contributed by atoms with Gasteiger partial charge in [-0.1, -0.05) is 70.3 Å². The number of fused-ring (bicyclic) bond motifs is 7. The minimum Gasteiger partial charge on any atom is -0.456 e. The Kier molecular flexibility index (Phi) is 12.1. The molecule has 6 heteroatoms. The number of rotatable bonds is 9. The van der Waals surface area contributed by atoms with E-state index in [2.05, 4.69) is 88.4 Å². The third-order valence-corrected chi connectivity index (χ3v) is 20.3. The van der Waals surface area contributed by atoms with Gasteiger partial charge in [0.15, 0.2) is 0 Å². The number of carbonyl (C=O) groups is 2. The predicted octanol–water partition coefficient (Wildman–Crippen LogP) is 11.9. The Morgan fingerprint density at radius 2 is 1.60 bits per heavy atom. The highest BCUT2D eigenvalue weighted by Crippen LogP contribution is 2.77. The first-order valence-electron chi connectivity index (χ1n) is 23.3. The summed E-state index contributed by atoms with van der Waals surface area (Å²) in [5.41, 5.74) is 5.19. The van der Waals surface area contributed by atoms with E-state index in [4.69, 9.17) is 4.74 Å². The van der Waals surface area contributed by atoms with Gasteiger partial charge < -0.3 is 14.5 Å². The molecule has 5 aliphatic carbocycles. The maximum Gasteiger partial charge on any atom is 0.338 e. The van der Waals surface area contributed by atoms with Crippen LogP contribution in [0, 0.1) is 56.7 Å². The van der Waals surface area contributed by atoms with Crippen LogP contribution in [-0.4, -0.2) is 76.9 Å². The van der Waals surface area contributed by atoms with Gasteiger partial charge in [-0.05, 0) is 185 Å². The molecule has 9 atom stereocenters. The fourth-order valence-corrected chi connectivity index (χ4v) is 16.8. The van der Waals surface area contributed by atoms with E-state index < -0.39 is 5.60 Å². The van der Waals surface area contributed by atoms with E-state index in [1.165, 1.54) is 92.7 Å². The molecular weight excluding hydrogens is 733 g/mol. The van der Waals surface area contributed by atoms with E-state index in [1.54, 1.807) is 0 Å². The number of allylic oxidation sites excluding steroid dienone is 3. The van der Waals surface area contributed by atoms with E-state index in [0.717, 1.165) is 32.5 Å². The van der Waals surface area contributed by atoms with Crippen LogP contribution in [-0.2, 0) is 9.53 Å². The van der Waals surface area contributed by atoms with Crippen LogP contribution < -0.4 is 0 Å². The fourth-order valence-electron chi connectivity index (χ4n) is 15.2. The van der Waals surface area contributed by atoms with Gasteiger partial charge in [-0.15, -0.1) is 0 Å². The van der Waals surface area contributed by atoms with E-state index in [9.17, 15) is 9.59 Å². The third kappa shape index (κ3) is 7.57. The molecule has 5 nitrogen and oxygen atoms in total. The van der Waals surface area contributed by atoms with Crippen molar-refractivity contribution in [1.82, 2.24) is 9.80 Å². The van der Waals surface area contributed by atoms with Gasteiger partial charge in [0.1, 0.15) is 5.60 Å². The number of ether oxygens (including phenoxy) is 1. The van der Waals surface area contributed by atoms with Crippen LogP contribution in [0.1, 0.15) is 156 Å². The molecule has 322 valence electrons. The molecule has 4 saturated carbocycles. The Bertz CT molecular complexity index is 1790. The average Bonchev–Trinajstić information content (AvgIpc) is 3.54. The third-order valence-electron chi connectivity index (χ3n) is 18.2. The van der Waals surface area contributed by atoms with Crippen LogP contribution in [0.4, 0.5) is 0 Å². The van der Waals surface area contributed by atoms with Gasteiger partial charge in [0, 0.05) is 44.6 Å². The maximum absolute atomic E-state index is 13.5. The lowest BCUT2D eigenvalue weighted by atomic mass is 9.32. The lowest BCUT2D eigenvalue weighted by Crippen LogP contribution is -2.66. The van der Waals surface area contributed by atoms with Crippen LogP contribution in [0.3, 0.4) is 0 Å². The fraction of sp³-hybridized carbons (Fsp3) is 0.750. The second kappa shape index (κ2) is 15.9. The number of hydrogen-bond acceptors (Lipinski definition) is 4. The number of benzene rings is 1. The molecule has 1 aromatic carbocycles. The van der Waals surface area contributed by atoms with Crippen molar-refractivity contribution in [1.29, 1.82) is 0 Å². The van der Waals surface area contributed by atoms with E-state index >= 15 is 0 Å². The Morgan fingerprint density at radius 1 is 0.914 bits per heavy atom. The molecule has 58 heavy (non-hydrogen) atoms. The summed E-state index contributed by atoms with van der Waals surface area (Å²) in [7, 11) is 0.503. The lowest BCUT2D eigenvalue weighted by Gasteiger charge is -2.72. The average molecular weight is 813 g/mol. The van der Waals surface area contributed by atoms with Gasteiger partial charge >= 0.3 is 5.97 Å². The van der Waals surface area contributed by atoms with Crippen molar-refractivity contribution in [2.45, 2.75) is 146 Å². The van der Waals surface area contributed by atoms with Crippen molar-refractivity contribution in [3.05, 3.63) is 53.6 Å². The van der Waals surface area contributed by atoms with E-state index in [0.29, 0.717) is 45.6 Å². The Labute approximate surface area is 356 Å². The van der Waals surface area contributed by atoms with Crippen molar-refractivity contribution in [2.24, 2.45) is 56.7 Å². The summed E-state index contributed by atoms with van der Waals surface area (Å²) < 4.78 is 5.67. The highest BCUT2D eigenvalue weighted by molar-refractivity contribution is 8.15. The minimum absolute atomic E-state index is 0.0266. The summed E-state index contributed by atoms with van der Waals surface area (Å²) >= 11 is 0. The second-order valence-electron chi connectivity index (χ2n) is 22.5. The molecule has 5 fully saturated rings. The summed E-state index contributed by atoms with van der Waals surface area (Å²) in [4.78, 5) is 31.2. The molecule has 0 bridgehead atoms. The highest BCUT2D eigenvalue weighted by atomic mass is 32.2. The van der Waals surface area contributed by atoms with Gasteiger partial charge in [0.2, 0.25) is 5.91 Å². The Balaban J connectivity index is 1.11. The molecule has 1 saturated heterocycles. The lowest BCUT2D eigenvalue weighted by molar-refractivity contribution is -0.226. The first-order chi connectivity index (χ1) is 27.2. The molecule has 1 aliphatic heterocycles. The molecule has 7 rings (SSSR count). The number of amides is 1. The zero-order valence-electron chi connectivity index (χ0n) is 38.6. The standard InChI is InChI=1S/C52H80N2O3S/c1-13-58-33-31-53(32-34-58)29-14-30-54(37(4)55)35-52-26-21-40(36(2)3)45(52)42-19-20-44-49(10)24-22-41(38-15-17-39(18-16-38)46(56)57-47(5,6)7)48(8,9)43(49)23-25-51(44,12)50(42,11)27-28-52/h13,15-18,22,40,42-45H,2,14,19-21,23-35H2,1,3-12H3/t40-,42+,43-,44+,45+,49-,50+,51?,52+/m0/s1. The molecule has 0 radical (unpaired) electrons. The van der Waals surface area contributed by atoms with Gasteiger partial charge in [-0.2, -0.15) is 10.5 Å². The number of hydrogen-bond donors (Lipinski definition) is 0. The summed E-state index contributed by atoms with van der Waals surface area (Å²) in [5.74, 6) is 5.75. The van der Waals surface area contributed by atoms with Crippen LogP contribution in [0.2, 0.25) is 0 Å². The molecule has 1 unspecified atom stereocenters. The van der Waals surface area contributed by atoms with Gasteiger partial charge in [0.25, 0.3) is 0 Å². The first-order valence-corrected chi connectivity index (χ1v) is 25.0. The SMILES string of the molecule is C=C(C)[C@@H]1CC[C@]2(CN(CCCN3CCS(=CC)CC3)C(C)=O)CC[C@]3(C)[C@H](CC[C@H]4C3(C)CC[C@H]3C(C)(C)C(c5ccc(C(=O)OC(C)(C)C)cc5)=CC[C@@]34C)[C@@H]12. The van der Waals surface area contributed by atoms with Crippen LogP contribution in [0.15, 0.2) is 42.5 Å². The summed E-state index contributed by atoms with van der Waals surface area (Å²) in [5, 5.41) is 2.42. The number of nitrogens with zero attached hydrogens (tertiary/aromatic N) is 2. The topological polar surface area (TPSA) is 49.9 Å². The molecule has 0 spiro atoms. The Morgan fingerprint density at radius 3 is 2.22 bits per heavy atom. The zero-order chi connectivity index (χ0) is 42.1. The first kappa shape index (κ1) is 43.9. The minimum atomic E-state index is -0.509. The molecule has 0 aromatic heterocycles. The largest absolute Gasteiger partial charge is 0.456 e. The van der Waals surface area contributed by atoms with Crippen molar-refractivity contribution in [2.75, 3.05) is 44.2 Å². The normalized spacial score (nSPS) is 37.4. The van der Waals surface area contributed by atoms with E-state index in [1.807, 2.05) is 39.8 Å². The van der Waals surface area contributed by atoms with E-state index in [-0.39, 0.29) is 39.0 Å². The number of esters is 1. The summed E-state index contributed by atoms with van der Waals surface area (Å²) in [6, 6.07) is 8.24. The zero-order valence-corrected chi connectivity index (χ0v) is 39.4. The molecule has 1 aromatic rings. The predicted molar refractivity (Wildman–Crippen MR) is 246 cm³/mol. The van der Waals surface area contributed by atoms with Gasteiger partial charge in [0.05, 0.1) is 5.56 Å². The highest BCUT2D eigenvalue weighted by Gasteiger charge is 2.70. The van der Waals surface area contributed by atoms with Crippen molar-refractivity contribution in [3.8, 4) is 0 Å². The molecular formula is C52H80N2O3S. The Hall–Kier alpha value is -2.18. The maximum atomic E-state index is 13.5. The monoisotopic (exact) mass is 813 g/mol. The number of carbonyl (C=O) groups excluding carboxylic acids is 2. The summed E-state index contributed by atoms with van der Waals surface area (Å²) in [6.45, 7) is 35.4. The van der Waals surface area contributed by atoms with Crippen LogP contribution >= 0.6 is 10.5 Å². The second-order valence-corrected chi connectivity index (χ2v) is 24.9. The van der Waals surface area contributed by atoms with Crippen LogP contribution in [0.25, 0.3) is 5.57 Å². The quantitative estimate of drug-likeness (QED) is 0.142. The molecule has 1 heterocycles. The van der Waals surface area contributed by atoms with Crippen molar-refractivity contribution >= 4 is 33.3 Å². The van der Waals surface area contributed by atoms with Crippen molar-refractivity contribution < 1.29 is 14.3 Å². The van der Waals surface area contributed by atoms with Crippen LogP contribution in [0.5, 0.6) is 0 Å². The summed E-state index contributed by atoms with van der Waals surface area (Å²) in [6.07, 6.45) is 15.0. The molecule has 6 aliphatic rings. The van der Waals surface area contributed by atoms with Gasteiger partial charge in [-0.3, -0.25) is 4.79 Å². The molecule has 0 N–H and O–H groups in total. The molecule has 1 amide bonds. The van der Waals surface area contributed by atoms with Gasteiger partial charge in [-0.25, -0.2) is 4.79 Å². The smallest absolute Gasteiger partial charge is 0.338 e. The van der Waals surface area contributed by atoms with Crippen molar-refractivity contribution in [3.63, 3.8) is 0 Å².